The topological polar surface area (TPSA) is 12.0 Å². The lowest BCUT2D eigenvalue weighted by atomic mass is 9.78. The molecule has 2 aromatic rings. The summed E-state index contributed by atoms with van der Waals surface area (Å²) >= 11 is 0. The Labute approximate surface area is 166 Å². The third-order valence-corrected chi connectivity index (χ3v) is 6.02. The van der Waals surface area contributed by atoms with Gasteiger partial charge in [0.25, 0.3) is 0 Å². The minimum absolute atomic E-state index is 0.200. The smallest absolute Gasteiger partial charge is 0.0243 e. The fourth-order valence-electron chi connectivity index (χ4n) is 4.20. The van der Waals surface area contributed by atoms with Crippen LogP contribution < -0.4 is 5.32 Å². The molecule has 0 spiro atoms. The van der Waals surface area contributed by atoms with Gasteiger partial charge in [0.1, 0.15) is 0 Å². The van der Waals surface area contributed by atoms with E-state index in [0.717, 1.165) is 6.54 Å². The van der Waals surface area contributed by atoms with E-state index in [2.05, 4.69) is 95.4 Å². The number of rotatable bonds is 3. The van der Waals surface area contributed by atoms with Gasteiger partial charge in [-0.25, -0.2) is 0 Å². The molecule has 1 aliphatic heterocycles. The monoisotopic (exact) mass is 363 g/mol. The van der Waals surface area contributed by atoms with Gasteiger partial charge in [-0.15, -0.1) is 0 Å². The van der Waals surface area contributed by atoms with Crippen molar-refractivity contribution in [3.63, 3.8) is 0 Å². The molecule has 1 aliphatic rings. The molecule has 1 heteroatoms. The second kappa shape index (κ2) is 7.80. The molecule has 0 saturated carbocycles. The predicted octanol–water partition coefficient (Wildman–Crippen LogP) is 6.56. The summed E-state index contributed by atoms with van der Waals surface area (Å²) in [6.45, 7) is 14.9. The molecular formula is C26H37N. The SMILES string of the molecule is CC(C)(C)c1ccc(C(c2ccc(C(C)(C)C)cc2)[C@@H]2CCCCN2)cc1. The van der Waals surface area contributed by atoms with Gasteiger partial charge in [0.2, 0.25) is 0 Å². The van der Waals surface area contributed by atoms with Crippen molar-refractivity contribution in [3.8, 4) is 0 Å². The van der Waals surface area contributed by atoms with Crippen molar-refractivity contribution in [2.24, 2.45) is 0 Å². The van der Waals surface area contributed by atoms with Gasteiger partial charge in [-0.1, -0.05) is 96.5 Å². The van der Waals surface area contributed by atoms with Crippen LogP contribution in [-0.2, 0) is 10.8 Å². The van der Waals surface area contributed by atoms with Crippen LogP contribution in [0.3, 0.4) is 0 Å². The van der Waals surface area contributed by atoms with Gasteiger partial charge in [0.05, 0.1) is 0 Å². The molecule has 1 nitrogen and oxygen atoms in total. The van der Waals surface area contributed by atoms with Crippen LogP contribution in [0, 0.1) is 0 Å². The van der Waals surface area contributed by atoms with E-state index in [0.29, 0.717) is 12.0 Å². The Morgan fingerprint density at radius 3 is 1.48 bits per heavy atom. The summed E-state index contributed by atoms with van der Waals surface area (Å²) in [4.78, 5) is 0. The number of piperidine rings is 1. The zero-order valence-corrected chi connectivity index (χ0v) is 18.1. The predicted molar refractivity (Wildman–Crippen MR) is 118 cm³/mol. The van der Waals surface area contributed by atoms with E-state index in [-0.39, 0.29) is 10.8 Å². The van der Waals surface area contributed by atoms with Crippen LogP contribution in [0.15, 0.2) is 48.5 Å². The standard InChI is InChI=1S/C26H37N/c1-25(2,3)21-14-10-19(11-15-21)24(23-9-7-8-18-27-23)20-12-16-22(17-13-20)26(4,5)6/h10-17,23-24,27H,7-9,18H2,1-6H3/t23-/m0/s1. The number of benzene rings is 2. The second-order valence-electron chi connectivity index (χ2n) is 10.3. The second-order valence-corrected chi connectivity index (χ2v) is 10.3. The minimum atomic E-state index is 0.200. The lowest BCUT2D eigenvalue weighted by molar-refractivity contribution is 0.372. The molecule has 0 unspecified atom stereocenters. The highest BCUT2D eigenvalue weighted by Crippen LogP contribution is 2.34. The highest BCUT2D eigenvalue weighted by molar-refractivity contribution is 5.39. The molecule has 1 fully saturated rings. The fraction of sp³-hybridized carbons (Fsp3) is 0.538. The average molecular weight is 364 g/mol. The van der Waals surface area contributed by atoms with Gasteiger partial charge in [-0.05, 0) is 52.5 Å². The molecule has 0 amide bonds. The first kappa shape index (κ1) is 20.1. The average Bonchev–Trinajstić information content (AvgIpc) is 2.62. The highest BCUT2D eigenvalue weighted by Gasteiger charge is 2.27. The molecular weight excluding hydrogens is 326 g/mol. The van der Waals surface area contributed by atoms with Crippen molar-refractivity contribution >= 4 is 0 Å². The summed E-state index contributed by atoms with van der Waals surface area (Å²) in [6, 6.07) is 19.3. The molecule has 1 atom stereocenters. The summed E-state index contributed by atoms with van der Waals surface area (Å²) in [5.74, 6) is 0.424. The van der Waals surface area contributed by atoms with Crippen LogP contribution in [0.5, 0.6) is 0 Å². The lowest BCUT2D eigenvalue weighted by Crippen LogP contribution is -2.39. The van der Waals surface area contributed by atoms with Crippen LogP contribution in [0.2, 0.25) is 0 Å². The summed E-state index contributed by atoms with van der Waals surface area (Å²) in [6.07, 6.45) is 3.89. The minimum Gasteiger partial charge on any atom is -0.313 e. The van der Waals surface area contributed by atoms with Crippen molar-refractivity contribution in [1.29, 1.82) is 0 Å². The molecule has 0 aromatic heterocycles. The van der Waals surface area contributed by atoms with Gasteiger partial charge in [-0.3, -0.25) is 0 Å². The van der Waals surface area contributed by atoms with Gasteiger partial charge in [-0.2, -0.15) is 0 Å². The van der Waals surface area contributed by atoms with Crippen LogP contribution in [0.25, 0.3) is 0 Å². The van der Waals surface area contributed by atoms with Crippen LogP contribution in [0.1, 0.15) is 89.0 Å². The Morgan fingerprint density at radius 1 is 0.704 bits per heavy atom. The molecule has 0 aliphatic carbocycles. The number of hydrogen-bond donors (Lipinski definition) is 1. The molecule has 0 bridgehead atoms. The highest BCUT2D eigenvalue weighted by atomic mass is 14.9. The zero-order chi connectivity index (χ0) is 19.7. The first-order chi connectivity index (χ1) is 12.7. The molecule has 1 N–H and O–H groups in total. The first-order valence-electron chi connectivity index (χ1n) is 10.6. The van der Waals surface area contributed by atoms with Crippen molar-refractivity contribution in [3.05, 3.63) is 70.8 Å². The summed E-state index contributed by atoms with van der Waals surface area (Å²) in [5.41, 5.74) is 6.09. The van der Waals surface area contributed by atoms with E-state index in [1.807, 2.05) is 0 Å². The van der Waals surface area contributed by atoms with E-state index < -0.39 is 0 Å². The molecule has 1 saturated heterocycles. The Hall–Kier alpha value is -1.60. The maximum atomic E-state index is 3.81. The van der Waals surface area contributed by atoms with Gasteiger partial charge >= 0.3 is 0 Å². The normalized spacial score (nSPS) is 18.7. The maximum absolute atomic E-state index is 3.81. The third-order valence-electron chi connectivity index (χ3n) is 6.02. The van der Waals surface area contributed by atoms with E-state index >= 15 is 0 Å². The van der Waals surface area contributed by atoms with E-state index in [9.17, 15) is 0 Å². The first-order valence-corrected chi connectivity index (χ1v) is 10.6. The Morgan fingerprint density at radius 2 is 1.15 bits per heavy atom. The quantitative estimate of drug-likeness (QED) is 0.651. The number of nitrogens with one attached hydrogen (secondary N) is 1. The van der Waals surface area contributed by atoms with E-state index in [4.69, 9.17) is 0 Å². The van der Waals surface area contributed by atoms with Crippen molar-refractivity contribution < 1.29 is 0 Å². The summed E-state index contributed by atoms with van der Waals surface area (Å²) in [5, 5.41) is 3.81. The zero-order valence-electron chi connectivity index (χ0n) is 18.1. The third kappa shape index (κ3) is 4.82. The molecule has 3 rings (SSSR count). The van der Waals surface area contributed by atoms with Crippen molar-refractivity contribution in [2.45, 2.75) is 83.6 Å². The Bertz CT molecular complexity index is 662. The Kier molecular flexibility index (Phi) is 5.82. The van der Waals surface area contributed by atoms with E-state index in [1.165, 1.54) is 41.5 Å². The fourth-order valence-corrected chi connectivity index (χ4v) is 4.20. The van der Waals surface area contributed by atoms with Crippen molar-refractivity contribution in [2.75, 3.05) is 6.54 Å². The van der Waals surface area contributed by atoms with E-state index in [1.54, 1.807) is 0 Å². The molecule has 146 valence electrons. The lowest BCUT2D eigenvalue weighted by Gasteiger charge is -2.33. The number of hydrogen-bond acceptors (Lipinski definition) is 1. The molecule has 1 heterocycles. The van der Waals surface area contributed by atoms with Crippen LogP contribution in [-0.4, -0.2) is 12.6 Å². The molecule has 2 aromatic carbocycles. The largest absolute Gasteiger partial charge is 0.313 e. The van der Waals surface area contributed by atoms with Gasteiger partial charge < -0.3 is 5.32 Å². The van der Waals surface area contributed by atoms with Crippen LogP contribution in [0.4, 0.5) is 0 Å². The maximum Gasteiger partial charge on any atom is 0.0243 e. The van der Waals surface area contributed by atoms with Gasteiger partial charge in [0, 0.05) is 12.0 Å². The summed E-state index contributed by atoms with van der Waals surface area (Å²) < 4.78 is 0. The summed E-state index contributed by atoms with van der Waals surface area (Å²) in [7, 11) is 0. The Balaban J connectivity index is 1.96. The van der Waals surface area contributed by atoms with Gasteiger partial charge in [0.15, 0.2) is 0 Å². The molecule has 27 heavy (non-hydrogen) atoms. The van der Waals surface area contributed by atoms with Crippen molar-refractivity contribution in [1.82, 2.24) is 5.32 Å². The molecule has 0 radical (unpaired) electrons. The van der Waals surface area contributed by atoms with Crippen LogP contribution >= 0.6 is 0 Å².